The Kier molecular flexibility index (Phi) is 3.68. The molecule has 5 heteroatoms. The number of hydrogen-bond acceptors (Lipinski definition) is 5. The van der Waals surface area contributed by atoms with Gasteiger partial charge in [0.05, 0.1) is 0 Å². The summed E-state index contributed by atoms with van der Waals surface area (Å²) in [7, 11) is 0. The van der Waals surface area contributed by atoms with E-state index in [9.17, 15) is 4.79 Å². The summed E-state index contributed by atoms with van der Waals surface area (Å²) in [5.74, 6) is 5.38. The lowest BCUT2D eigenvalue weighted by atomic mass is 10.0. The van der Waals surface area contributed by atoms with Gasteiger partial charge in [0.25, 0.3) is 0 Å². The molecule has 0 amide bonds. The number of hydrogen-bond donors (Lipinski definition) is 3. The quantitative estimate of drug-likeness (QED) is 0.437. The molecule has 6 N–H and O–H groups in total. The van der Waals surface area contributed by atoms with E-state index in [1.807, 2.05) is 12.1 Å². The summed E-state index contributed by atoms with van der Waals surface area (Å²) in [6.07, 6.45) is 0.271. The largest absolute Gasteiger partial charge is 0.411 e. The minimum Gasteiger partial charge on any atom is -0.411 e. The van der Waals surface area contributed by atoms with Crippen molar-refractivity contribution in [3.05, 3.63) is 53.6 Å². The number of benzene rings is 2. The maximum atomic E-state index is 12.1. The molecular formula is C14H15N3O2. The van der Waals surface area contributed by atoms with Gasteiger partial charge in [-0.15, -0.1) is 0 Å². The van der Waals surface area contributed by atoms with Gasteiger partial charge < -0.3 is 16.3 Å². The standard InChI is InChI=1S/C14H15N3O2/c15-10-3-1-9(2-4-10)7-14(18)12-6-5-11(19-17)8-13(12)16/h1-6,8H,7,15-17H2. The van der Waals surface area contributed by atoms with Crippen molar-refractivity contribution in [1.29, 1.82) is 0 Å². The van der Waals surface area contributed by atoms with Gasteiger partial charge in [0, 0.05) is 29.4 Å². The first-order valence-electron chi connectivity index (χ1n) is 5.74. The van der Waals surface area contributed by atoms with Crippen LogP contribution < -0.4 is 22.2 Å². The summed E-state index contributed by atoms with van der Waals surface area (Å²) >= 11 is 0. The third-order valence-corrected chi connectivity index (χ3v) is 2.80. The van der Waals surface area contributed by atoms with Gasteiger partial charge in [0.15, 0.2) is 5.78 Å². The Balaban J connectivity index is 2.18. The van der Waals surface area contributed by atoms with E-state index in [0.717, 1.165) is 5.56 Å². The van der Waals surface area contributed by atoms with Gasteiger partial charge in [0.1, 0.15) is 5.75 Å². The highest BCUT2D eigenvalue weighted by molar-refractivity contribution is 6.02. The second-order valence-corrected chi connectivity index (χ2v) is 4.21. The van der Waals surface area contributed by atoms with Crippen LogP contribution in [0.1, 0.15) is 15.9 Å². The van der Waals surface area contributed by atoms with Crippen LogP contribution in [-0.2, 0) is 6.42 Å². The highest BCUT2D eigenvalue weighted by Crippen LogP contribution is 2.21. The summed E-state index contributed by atoms with van der Waals surface area (Å²) < 4.78 is 0. The van der Waals surface area contributed by atoms with Crippen LogP contribution >= 0.6 is 0 Å². The molecule has 0 saturated carbocycles. The van der Waals surface area contributed by atoms with E-state index >= 15 is 0 Å². The average Bonchev–Trinajstić information content (AvgIpc) is 2.41. The summed E-state index contributed by atoms with van der Waals surface area (Å²) in [5, 5.41) is 0. The molecule has 98 valence electrons. The third-order valence-electron chi connectivity index (χ3n) is 2.80. The second-order valence-electron chi connectivity index (χ2n) is 4.21. The fourth-order valence-electron chi connectivity index (χ4n) is 1.78. The molecule has 0 heterocycles. The Morgan fingerprint density at radius 3 is 2.32 bits per heavy atom. The molecule has 2 aromatic rings. The summed E-state index contributed by atoms with van der Waals surface area (Å²) in [6, 6.07) is 11.9. The lowest BCUT2D eigenvalue weighted by Gasteiger charge is -2.07. The molecule has 5 nitrogen and oxygen atoms in total. The number of ketones is 1. The monoisotopic (exact) mass is 257 g/mol. The predicted molar refractivity (Wildman–Crippen MR) is 74.6 cm³/mol. The van der Waals surface area contributed by atoms with E-state index in [2.05, 4.69) is 4.84 Å². The van der Waals surface area contributed by atoms with Crippen LogP contribution in [0.25, 0.3) is 0 Å². The molecule has 0 aliphatic heterocycles. The number of carbonyl (C=O) groups excluding carboxylic acids is 1. The molecule has 0 unspecified atom stereocenters. The van der Waals surface area contributed by atoms with Crippen LogP contribution in [0.15, 0.2) is 42.5 Å². The Morgan fingerprint density at radius 1 is 1.05 bits per heavy atom. The van der Waals surface area contributed by atoms with Gasteiger partial charge >= 0.3 is 0 Å². The van der Waals surface area contributed by atoms with E-state index in [-0.39, 0.29) is 12.2 Å². The van der Waals surface area contributed by atoms with Crippen LogP contribution in [0.2, 0.25) is 0 Å². The van der Waals surface area contributed by atoms with Crippen LogP contribution in [0, 0.1) is 0 Å². The molecule has 0 aliphatic carbocycles. The molecular weight excluding hydrogens is 242 g/mol. The van der Waals surface area contributed by atoms with Crippen molar-refractivity contribution in [3.8, 4) is 5.75 Å². The number of rotatable bonds is 4. The molecule has 0 bridgehead atoms. The minimum absolute atomic E-state index is 0.0640. The molecule has 19 heavy (non-hydrogen) atoms. The van der Waals surface area contributed by atoms with Gasteiger partial charge in [-0.3, -0.25) is 4.79 Å². The lowest BCUT2D eigenvalue weighted by Crippen LogP contribution is -2.08. The Bertz CT molecular complexity index is 594. The van der Waals surface area contributed by atoms with Crippen LogP contribution in [0.5, 0.6) is 5.75 Å². The fourth-order valence-corrected chi connectivity index (χ4v) is 1.78. The molecule has 0 aromatic heterocycles. The highest BCUT2D eigenvalue weighted by Gasteiger charge is 2.11. The number of nitrogen functional groups attached to an aromatic ring is 2. The molecule has 0 saturated heterocycles. The van der Waals surface area contributed by atoms with Gasteiger partial charge in [-0.2, -0.15) is 5.90 Å². The van der Waals surface area contributed by atoms with Crippen molar-refractivity contribution in [2.75, 3.05) is 11.5 Å². The highest BCUT2D eigenvalue weighted by atomic mass is 16.6. The molecule has 0 radical (unpaired) electrons. The van der Waals surface area contributed by atoms with E-state index in [0.29, 0.717) is 22.7 Å². The van der Waals surface area contributed by atoms with E-state index < -0.39 is 0 Å². The summed E-state index contributed by atoms with van der Waals surface area (Å²) in [5.41, 5.74) is 13.8. The van der Waals surface area contributed by atoms with Gasteiger partial charge in [-0.05, 0) is 29.8 Å². The van der Waals surface area contributed by atoms with Crippen LogP contribution in [0.4, 0.5) is 11.4 Å². The van der Waals surface area contributed by atoms with Crippen molar-refractivity contribution in [2.45, 2.75) is 6.42 Å². The van der Waals surface area contributed by atoms with E-state index in [1.54, 1.807) is 24.3 Å². The van der Waals surface area contributed by atoms with Gasteiger partial charge in [-0.1, -0.05) is 12.1 Å². The predicted octanol–water partition coefficient (Wildman–Crippen LogP) is 1.53. The Labute approximate surface area is 110 Å². The smallest absolute Gasteiger partial charge is 0.169 e. The molecule has 2 rings (SSSR count). The SMILES string of the molecule is NOc1ccc(C(=O)Cc2ccc(N)cc2)c(N)c1. The van der Waals surface area contributed by atoms with Crippen LogP contribution in [0.3, 0.4) is 0 Å². The van der Waals surface area contributed by atoms with E-state index in [4.69, 9.17) is 17.4 Å². The average molecular weight is 257 g/mol. The van der Waals surface area contributed by atoms with Crippen molar-refractivity contribution >= 4 is 17.2 Å². The fraction of sp³-hybridized carbons (Fsp3) is 0.0714. The van der Waals surface area contributed by atoms with Gasteiger partial charge in [0.2, 0.25) is 0 Å². The molecule has 0 aliphatic rings. The van der Waals surface area contributed by atoms with Crippen molar-refractivity contribution < 1.29 is 9.63 Å². The van der Waals surface area contributed by atoms with E-state index in [1.165, 1.54) is 6.07 Å². The normalized spacial score (nSPS) is 10.2. The zero-order valence-electron chi connectivity index (χ0n) is 10.3. The number of carbonyl (C=O) groups is 1. The lowest BCUT2D eigenvalue weighted by molar-refractivity contribution is 0.0994. The Morgan fingerprint density at radius 2 is 1.74 bits per heavy atom. The molecule has 0 atom stereocenters. The van der Waals surface area contributed by atoms with Crippen molar-refractivity contribution in [3.63, 3.8) is 0 Å². The first-order valence-corrected chi connectivity index (χ1v) is 5.74. The maximum absolute atomic E-state index is 12.1. The summed E-state index contributed by atoms with van der Waals surface area (Å²) in [6.45, 7) is 0. The second kappa shape index (κ2) is 5.41. The van der Waals surface area contributed by atoms with Crippen LogP contribution in [-0.4, -0.2) is 5.78 Å². The molecule has 0 fully saturated rings. The zero-order valence-corrected chi connectivity index (χ0v) is 10.3. The topological polar surface area (TPSA) is 104 Å². The first kappa shape index (κ1) is 12.9. The van der Waals surface area contributed by atoms with Crippen molar-refractivity contribution in [1.82, 2.24) is 0 Å². The summed E-state index contributed by atoms with van der Waals surface area (Å²) in [4.78, 5) is 16.7. The third kappa shape index (κ3) is 3.02. The minimum atomic E-state index is -0.0640. The first-order chi connectivity index (χ1) is 9.10. The maximum Gasteiger partial charge on any atom is 0.169 e. The van der Waals surface area contributed by atoms with Crippen molar-refractivity contribution in [2.24, 2.45) is 5.90 Å². The zero-order chi connectivity index (χ0) is 13.8. The number of nitrogens with two attached hydrogens (primary N) is 3. The Hall–Kier alpha value is -2.53. The molecule has 0 spiro atoms. The molecule has 2 aromatic carbocycles. The number of anilines is 2. The van der Waals surface area contributed by atoms with Gasteiger partial charge in [-0.25, -0.2) is 0 Å². The number of Topliss-reactive ketones (excluding diaryl/α,β-unsaturated/α-hetero) is 1.